The molecule has 0 unspecified atom stereocenters. The van der Waals surface area contributed by atoms with Crippen LogP contribution in [0.25, 0.3) is 0 Å². The predicted octanol–water partition coefficient (Wildman–Crippen LogP) is 2.09. The smallest absolute Gasteiger partial charge is 0.232 e. The summed E-state index contributed by atoms with van der Waals surface area (Å²) in [6, 6.07) is 3.18. The van der Waals surface area contributed by atoms with E-state index in [1.165, 1.54) is 6.07 Å². The summed E-state index contributed by atoms with van der Waals surface area (Å²) in [5.41, 5.74) is 0.0238. The number of anilines is 1. The Bertz CT molecular complexity index is 518. The van der Waals surface area contributed by atoms with E-state index < -0.39 is 21.7 Å². The number of hydrogen-bond donors (Lipinski definition) is 2. The van der Waals surface area contributed by atoms with Crippen molar-refractivity contribution < 1.29 is 17.2 Å². The minimum absolute atomic E-state index is 0.0238. The summed E-state index contributed by atoms with van der Waals surface area (Å²) in [5, 5.41) is 3.10. The van der Waals surface area contributed by atoms with Crippen molar-refractivity contribution in [2.75, 3.05) is 17.0 Å². The second kappa shape index (κ2) is 6.81. The van der Waals surface area contributed by atoms with Crippen LogP contribution in [0.5, 0.6) is 0 Å². The van der Waals surface area contributed by atoms with Crippen LogP contribution < -0.4 is 10.0 Å². The molecule has 7 heteroatoms. The standard InChI is InChI=1S/C12H18F2N2O2S/c1-9(2)15-6-3-7-19(17,18)16-10-4-5-11(13)12(14)8-10/h4-5,8-9,15-16H,3,6-7H2,1-2H3. The molecule has 0 bridgehead atoms. The SMILES string of the molecule is CC(C)NCCCS(=O)(=O)Nc1ccc(F)c(F)c1. The molecule has 0 radical (unpaired) electrons. The van der Waals surface area contributed by atoms with Gasteiger partial charge in [-0.3, -0.25) is 4.72 Å². The lowest BCUT2D eigenvalue weighted by atomic mass is 10.3. The Hall–Kier alpha value is -1.21. The zero-order valence-corrected chi connectivity index (χ0v) is 11.7. The second-order valence-corrected chi connectivity index (χ2v) is 6.35. The van der Waals surface area contributed by atoms with Gasteiger partial charge in [-0.2, -0.15) is 0 Å². The van der Waals surface area contributed by atoms with Crippen LogP contribution in [0, 0.1) is 11.6 Å². The molecule has 0 aliphatic carbocycles. The highest BCUT2D eigenvalue weighted by Crippen LogP contribution is 2.14. The van der Waals surface area contributed by atoms with E-state index >= 15 is 0 Å². The van der Waals surface area contributed by atoms with E-state index in [0.717, 1.165) is 12.1 Å². The van der Waals surface area contributed by atoms with Gasteiger partial charge in [-0.15, -0.1) is 0 Å². The molecule has 0 heterocycles. The molecule has 0 amide bonds. The summed E-state index contributed by atoms with van der Waals surface area (Å²) < 4.78 is 51.2. The van der Waals surface area contributed by atoms with Crippen molar-refractivity contribution in [2.24, 2.45) is 0 Å². The summed E-state index contributed by atoms with van der Waals surface area (Å²) in [6.45, 7) is 4.51. The number of sulfonamides is 1. The van der Waals surface area contributed by atoms with E-state index in [1.807, 2.05) is 13.8 Å². The van der Waals surface area contributed by atoms with Crippen molar-refractivity contribution in [1.82, 2.24) is 5.32 Å². The maximum Gasteiger partial charge on any atom is 0.232 e. The van der Waals surface area contributed by atoms with Gasteiger partial charge in [-0.25, -0.2) is 17.2 Å². The van der Waals surface area contributed by atoms with E-state index in [-0.39, 0.29) is 11.4 Å². The van der Waals surface area contributed by atoms with Gasteiger partial charge in [0.2, 0.25) is 10.0 Å². The van der Waals surface area contributed by atoms with Gasteiger partial charge in [0.25, 0.3) is 0 Å². The Balaban J connectivity index is 2.52. The fraction of sp³-hybridized carbons (Fsp3) is 0.500. The zero-order valence-electron chi connectivity index (χ0n) is 10.9. The maximum atomic E-state index is 12.9. The zero-order chi connectivity index (χ0) is 14.5. The van der Waals surface area contributed by atoms with E-state index in [0.29, 0.717) is 19.0 Å². The Morgan fingerprint density at radius 3 is 2.47 bits per heavy atom. The van der Waals surface area contributed by atoms with Gasteiger partial charge in [0.15, 0.2) is 11.6 Å². The van der Waals surface area contributed by atoms with E-state index in [1.54, 1.807) is 0 Å². The van der Waals surface area contributed by atoms with E-state index in [2.05, 4.69) is 10.0 Å². The molecule has 0 aliphatic rings. The third-order valence-electron chi connectivity index (χ3n) is 2.34. The molecule has 0 aromatic heterocycles. The van der Waals surface area contributed by atoms with Gasteiger partial charge >= 0.3 is 0 Å². The van der Waals surface area contributed by atoms with Gasteiger partial charge in [-0.1, -0.05) is 13.8 Å². The number of hydrogen-bond acceptors (Lipinski definition) is 3. The summed E-state index contributed by atoms with van der Waals surface area (Å²) in [6.07, 6.45) is 0.442. The fourth-order valence-electron chi connectivity index (χ4n) is 1.44. The van der Waals surface area contributed by atoms with Gasteiger partial charge in [0.05, 0.1) is 11.4 Å². The summed E-state index contributed by atoms with van der Waals surface area (Å²) >= 11 is 0. The van der Waals surface area contributed by atoms with Crippen LogP contribution in [-0.2, 0) is 10.0 Å². The molecule has 4 nitrogen and oxygen atoms in total. The van der Waals surface area contributed by atoms with Crippen LogP contribution in [0.1, 0.15) is 20.3 Å². The van der Waals surface area contributed by atoms with Crippen molar-refractivity contribution in [3.05, 3.63) is 29.8 Å². The number of rotatable bonds is 7. The van der Waals surface area contributed by atoms with Crippen LogP contribution in [0.3, 0.4) is 0 Å². The van der Waals surface area contributed by atoms with Crippen LogP contribution in [0.15, 0.2) is 18.2 Å². The van der Waals surface area contributed by atoms with E-state index in [4.69, 9.17) is 0 Å². The van der Waals surface area contributed by atoms with Gasteiger partial charge in [-0.05, 0) is 25.1 Å². The number of benzene rings is 1. The first-order valence-corrected chi connectivity index (χ1v) is 7.64. The van der Waals surface area contributed by atoms with Crippen molar-refractivity contribution in [1.29, 1.82) is 0 Å². The largest absolute Gasteiger partial charge is 0.314 e. The lowest BCUT2D eigenvalue weighted by Crippen LogP contribution is -2.26. The predicted molar refractivity (Wildman–Crippen MR) is 71.5 cm³/mol. The molecule has 0 fully saturated rings. The molecule has 0 spiro atoms. The molecule has 1 aromatic carbocycles. The van der Waals surface area contributed by atoms with Gasteiger partial charge in [0.1, 0.15) is 0 Å². The van der Waals surface area contributed by atoms with Crippen molar-refractivity contribution >= 4 is 15.7 Å². The van der Waals surface area contributed by atoms with Crippen LogP contribution in [-0.4, -0.2) is 26.8 Å². The van der Waals surface area contributed by atoms with Crippen molar-refractivity contribution in [3.63, 3.8) is 0 Å². The molecule has 1 aromatic rings. The Kier molecular flexibility index (Phi) is 5.68. The van der Waals surface area contributed by atoms with Crippen molar-refractivity contribution in [3.8, 4) is 0 Å². The quantitative estimate of drug-likeness (QED) is 0.757. The Morgan fingerprint density at radius 1 is 1.21 bits per heavy atom. The molecule has 108 valence electrons. The monoisotopic (exact) mass is 292 g/mol. The molecular formula is C12H18F2N2O2S. The van der Waals surface area contributed by atoms with Gasteiger partial charge < -0.3 is 5.32 Å². The summed E-state index contributed by atoms with van der Waals surface area (Å²) in [4.78, 5) is 0. The average Bonchev–Trinajstić information content (AvgIpc) is 2.29. The first kappa shape index (κ1) is 15.8. The molecule has 0 saturated heterocycles. The highest BCUT2D eigenvalue weighted by Gasteiger charge is 2.11. The Labute approximate surface area is 112 Å². The molecular weight excluding hydrogens is 274 g/mol. The second-order valence-electron chi connectivity index (χ2n) is 4.51. The molecule has 19 heavy (non-hydrogen) atoms. The number of halogens is 2. The van der Waals surface area contributed by atoms with Crippen LogP contribution in [0.2, 0.25) is 0 Å². The number of nitrogens with one attached hydrogen (secondary N) is 2. The molecule has 0 aliphatic heterocycles. The molecule has 1 rings (SSSR count). The maximum absolute atomic E-state index is 12.9. The first-order chi connectivity index (χ1) is 8.80. The van der Waals surface area contributed by atoms with Gasteiger partial charge in [0, 0.05) is 12.1 Å². The molecule has 2 N–H and O–H groups in total. The average molecular weight is 292 g/mol. The summed E-state index contributed by atoms with van der Waals surface area (Å²) in [5.74, 6) is -2.17. The highest BCUT2D eigenvalue weighted by molar-refractivity contribution is 7.92. The Morgan fingerprint density at radius 2 is 1.89 bits per heavy atom. The molecule has 0 saturated carbocycles. The first-order valence-electron chi connectivity index (χ1n) is 5.99. The van der Waals surface area contributed by atoms with Crippen molar-refractivity contribution in [2.45, 2.75) is 26.3 Å². The molecule has 0 atom stereocenters. The topological polar surface area (TPSA) is 58.2 Å². The lowest BCUT2D eigenvalue weighted by molar-refractivity contribution is 0.509. The third kappa shape index (κ3) is 5.98. The minimum Gasteiger partial charge on any atom is -0.314 e. The summed E-state index contributed by atoms with van der Waals surface area (Å²) in [7, 11) is -3.54. The van der Waals surface area contributed by atoms with E-state index in [9.17, 15) is 17.2 Å². The third-order valence-corrected chi connectivity index (χ3v) is 3.71. The van der Waals surface area contributed by atoms with Crippen LogP contribution in [0.4, 0.5) is 14.5 Å². The fourth-order valence-corrected chi connectivity index (χ4v) is 2.56. The van der Waals surface area contributed by atoms with Crippen LogP contribution >= 0.6 is 0 Å². The normalized spacial score (nSPS) is 11.8. The minimum atomic E-state index is -3.54. The highest BCUT2D eigenvalue weighted by atomic mass is 32.2. The lowest BCUT2D eigenvalue weighted by Gasteiger charge is -2.10.